The van der Waals surface area contributed by atoms with Crippen LogP contribution in [0.4, 0.5) is 0 Å². The minimum atomic E-state index is 0. The summed E-state index contributed by atoms with van der Waals surface area (Å²) in [6, 6.07) is 24.5. The summed E-state index contributed by atoms with van der Waals surface area (Å²) in [4.78, 5) is 0. The molecule has 11 heteroatoms. The molecule has 0 atom stereocenters. The van der Waals surface area contributed by atoms with Crippen LogP contribution in [-0.4, -0.2) is 20.2 Å². The molecular weight excluding hydrogens is 697 g/mol. The van der Waals surface area contributed by atoms with Crippen molar-refractivity contribution in [3.05, 3.63) is 117 Å². The standard InChI is InChI=1S/2C14H14N2S3.Cd/c2*1-11(13-7-8-18-10-13)15-16-14(17)19-9-12-5-3-2-4-6-12;/h2*2-8,10H,9H2,1H3,(H,16,17);/q;;+2/p-2/b2*15-11+;. The average Bonchev–Trinajstić information content (AvgIpc) is 3.69. The summed E-state index contributed by atoms with van der Waals surface area (Å²) in [5.41, 5.74) is 6.47. The van der Waals surface area contributed by atoms with Gasteiger partial charge in [0.05, 0.1) is 11.4 Å². The fraction of sp³-hybridized carbons (Fsp3) is 0.143. The Morgan fingerprint density at radius 1 is 0.615 bits per heavy atom. The second kappa shape index (κ2) is 19.6. The molecule has 0 N–H and O–H groups in total. The van der Waals surface area contributed by atoms with Crippen LogP contribution in [0.2, 0.25) is 0 Å². The summed E-state index contributed by atoms with van der Waals surface area (Å²) in [5.74, 6) is 1.66. The maximum absolute atomic E-state index is 5.19. The van der Waals surface area contributed by atoms with Crippen LogP contribution in [-0.2, 0) is 64.1 Å². The molecule has 39 heavy (non-hydrogen) atoms. The van der Waals surface area contributed by atoms with Crippen molar-refractivity contribution in [1.82, 2.24) is 0 Å². The first-order valence-corrected chi connectivity index (χ1v) is 16.2. The monoisotopic (exact) mass is 724 g/mol. The van der Waals surface area contributed by atoms with Crippen LogP contribution in [0.3, 0.4) is 0 Å². The number of nitrogens with zero attached hydrogens (tertiary/aromatic N) is 4. The van der Waals surface area contributed by atoms with Crippen LogP contribution in [0.15, 0.2) is 115 Å². The molecule has 2 aromatic heterocycles. The Bertz CT molecular complexity index is 1230. The van der Waals surface area contributed by atoms with Crippen molar-refractivity contribution in [2.75, 3.05) is 0 Å². The number of benzene rings is 2. The van der Waals surface area contributed by atoms with Gasteiger partial charge < -0.3 is 25.3 Å². The Hall–Kier alpha value is -1.42. The third kappa shape index (κ3) is 13.7. The van der Waals surface area contributed by atoms with Crippen LogP contribution in [0.5, 0.6) is 0 Å². The molecule has 0 radical (unpaired) electrons. The molecule has 196 valence electrons. The molecule has 0 aliphatic heterocycles. The fourth-order valence-electron chi connectivity index (χ4n) is 2.78. The average molecular weight is 723 g/mol. The zero-order valence-electron chi connectivity index (χ0n) is 21.6. The Labute approximate surface area is 278 Å². The second-order valence-corrected chi connectivity index (χ2v) is 12.5. The summed E-state index contributed by atoms with van der Waals surface area (Å²) in [7, 11) is 0. The van der Waals surface area contributed by atoms with Crippen LogP contribution in [0.25, 0.3) is 0 Å². The fourth-order valence-corrected chi connectivity index (χ4v) is 5.78. The SMILES string of the molecule is C/C(=N\N=C(/[S-])SCc1ccccc1)c1ccsc1.C/C(=N\N=C(/[S-])SCc1ccccc1)c1ccsc1.[Cd+2]. The topological polar surface area (TPSA) is 49.4 Å². The van der Waals surface area contributed by atoms with Gasteiger partial charge in [-0.25, -0.2) is 0 Å². The number of thioether (sulfide) groups is 2. The van der Waals surface area contributed by atoms with Gasteiger partial charge in [0.2, 0.25) is 0 Å². The number of hydrogen-bond donors (Lipinski definition) is 0. The Morgan fingerprint density at radius 2 is 1.00 bits per heavy atom. The van der Waals surface area contributed by atoms with Gasteiger partial charge >= 0.3 is 27.3 Å². The van der Waals surface area contributed by atoms with Gasteiger partial charge in [-0.05, 0) is 67.4 Å². The molecule has 0 bridgehead atoms. The van der Waals surface area contributed by atoms with E-state index in [-0.39, 0.29) is 27.3 Å². The molecule has 0 saturated heterocycles. The smallest absolute Gasteiger partial charge is 0.752 e. The van der Waals surface area contributed by atoms with Crippen LogP contribution >= 0.6 is 46.2 Å². The molecule has 0 spiro atoms. The van der Waals surface area contributed by atoms with Crippen molar-refractivity contribution in [2.24, 2.45) is 20.4 Å². The normalized spacial score (nSPS) is 12.4. The number of hydrogen-bond acceptors (Lipinski definition) is 10. The quantitative estimate of drug-likeness (QED) is 0.0601. The molecule has 2 aromatic carbocycles. The van der Waals surface area contributed by atoms with Gasteiger partial charge in [-0.1, -0.05) is 60.7 Å². The first-order valence-electron chi connectivity index (χ1n) is 11.5. The van der Waals surface area contributed by atoms with E-state index in [1.54, 1.807) is 22.7 Å². The second-order valence-electron chi connectivity index (χ2n) is 7.68. The van der Waals surface area contributed by atoms with E-state index in [2.05, 4.69) is 55.4 Å². The molecule has 4 rings (SSSR count). The molecule has 0 aliphatic carbocycles. The molecule has 0 amide bonds. The summed E-state index contributed by atoms with van der Waals surface area (Å²) < 4.78 is 1.14. The van der Waals surface area contributed by atoms with Gasteiger partial charge in [-0.3, -0.25) is 0 Å². The Balaban J connectivity index is 0.000000267. The number of rotatable bonds is 8. The van der Waals surface area contributed by atoms with Gasteiger partial charge in [-0.15, -0.1) is 23.5 Å². The summed E-state index contributed by atoms with van der Waals surface area (Å²) in [5, 5.41) is 24.6. The van der Waals surface area contributed by atoms with E-state index in [1.807, 2.05) is 73.1 Å². The van der Waals surface area contributed by atoms with E-state index < -0.39 is 0 Å². The molecule has 4 aromatic rings. The van der Waals surface area contributed by atoms with E-state index in [1.165, 1.54) is 34.7 Å². The first kappa shape index (κ1) is 33.8. The van der Waals surface area contributed by atoms with E-state index in [0.29, 0.717) is 8.75 Å². The molecule has 0 unspecified atom stereocenters. The number of thiophene rings is 2. The molecule has 2 heterocycles. The summed E-state index contributed by atoms with van der Waals surface area (Å²) in [6.45, 7) is 3.88. The molecule has 0 fully saturated rings. The Kier molecular flexibility index (Phi) is 17.0. The van der Waals surface area contributed by atoms with Crippen molar-refractivity contribution < 1.29 is 27.3 Å². The van der Waals surface area contributed by atoms with Crippen molar-refractivity contribution in [3.8, 4) is 0 Å². The van der Waals surface area contributed by atoms with Gasteiger partial charge in [0.1, 0.15) is 0 Å². The van der Waals surface area contributed by atoms with Gasteiger partial charge in [0, 0.05) is 22.6 Å². The summed E-state index contributed by atoms with van der Waals surface area (Å²) >= 11 is 16.7. The van der Waals surface area contributed by atoms with Crippen LogP contribution < -0.4 is 0 Å². The van der Waals surface area contributed by atoms with E-state index >= 15 is 0 Å². The molecule has 0 aliphatic rings. The van der Waals surface area contributed by atoms with Crippen molar-refractivity contribution >= 4 is 91.6 Å². The predicted octanol–water partition coefficient (Wildman–Crippen LogP) is 8.61. The minimum Gasteiger partial charge on any atom is -0.752 e. The maximum atomic E-state index is 5.19. The van der Waals surface area contributed by atoms with Crippen molar-refractivity contribution in [3.63, 3.8) is 0 Å². The molecule has 0 saturated carbocycles. The third-order valence-electron chi connectivity index (χ3n) is 4.85. The largest absolute Gasteiger partial charge is 2.00 e. The van der Waals surface area contributed by atoms with Crippen molar-refractivity contribution in [1.29, 1.82) is 0 Å². The maximum Gasteiger partial charge on any atom is 2.00 e. The van der Waals surface area contributed by atoms with Crippen molar-refractivity contribution in [2.45, 2.75) is 25.4 Å². The van der Waals surface area contributed by atoms with E-state index in [4.69, 9.17) is 25.3 Å². The van der Waals surface area contributed by atoms with Gasteiger partial charge in [0.25, 0.3) is 0 Å². The molecular formula is C28H26CdN4S6. The zero-order valence-corrected chi connectivity index (χ0v) is 30.5. The van der Waals surface area contributed by atoms with Crippen LogP contribution in [0, 0.1) is 0 Å². The Morgan fingerprint density at radius 3 is 1.33 bits per heavy atom. The zero-order chi connectivity index (χ0) is 27.0. The van der Waals surface area contributed by atoms with E-state index in [9.17, 15) is 0 Å². The minimum absolute atomic E-state index is 0. The van der Waals surface area contributed by atoms with Gasteiger partial charge in [0.15, 0.2) is 0 Å². The predicted molar refractivity (Wildman–Crippen MR) is 178 cm³/mol. The first-order chi connectivity index (χ1) is 18.5. The van der Waals surface area contributed by atoms with E-state index in [0.717, 1.165) is 34.1 Å². The third-order valence-corrected chi connectivity index (χ3v) is 8.70. The van der Waals surface area contributed by atoms with Crippen LogP contribution in [0.1, 0.15) is 36.1 Å². The van der Waals surface area contributed by atoms with Gasteiger partial charge in [-0.2, -0.15) is 43.1 Å². The molecule has 4 nitrogen and oxygen atoms in total. The summed E-state index contributed by atoms with van der Waals surface area (Å²) in [6.07, 6.45) is 0.